The van der Waals surface area contributed by atoms with Gasteiger partial charge >= 0.3 is 0 Å². The smallest absolute Gasteiger partial charge is 0.234 e. The van der Waals surface area contributed by atoms with Crippen molar-refractivity contribution in [2.45, 2.75) is 26.8 Å². The predicted octanol–water partition coefficient (Wildman–Crippen LogP) is 3.44. The van der Waals surface area contributed by atoms with Crippen LogP contribution < -0.4 is 10.2 Å². The van der Waals surface area contributed by atoms with E-state index in [1.165, 1.54) is 17.2 Å². The van der Waals surface area contributed by atoms with Crippen LogP contribution in [0.4, 0.5) is 10.1 Å². The van der Waals surface area contributed by atoms with Crippen molar-refractivity contribution in [2.75, 3.05) is 37.6 Å². The predicted molar refractivity (Wildman–Crippen MR) is 108 cm³/mol. The third-order valence-electron chi connectivity index (χ3n) is 5.21. The summed E-state index contributed by atoms with van der Waals surface area (Å²) in [6.45, 7) is 9.47. The van der Waals surface area contributed by atoms with Crippen molar-refractivity contribution in [3.8, 4) is 0 Å². The van der Waals surface area contributed by atoms with Crippen molar-refractivity contribution >= 4 is 11.6 Å². The number of carbonyl (C=O) groups is 1. The normalized spacial score (nSPS) is 16.2. The molecule has 0 unspecified atom stereocenters. The van der Waals surface area contributed by atoms with Gasteiger partial charge in [0.05, 0.1) is 18.3 Å². The molecule has 144 valence electrons. The Labute approximate surface area is 161 Å². The lowest BCUT2D eigenvalue weighted by atomic mass is 10.00. The van der Waals surface area contributed by atoms with Gasteiger partial charge in [0.2, 0.25) is 5.91 Å². The standard InChI is InChI=1S/C22H28FN3O/c1-16-8-9-17(2)19(14-16)18(3)24-22(27)15-25-10-12-26(13-11-25)21-7-5-4-6-20(21)23/h4-9,14,18H,10-13,15H2,1-3H3,(H,24,27)/t18-/m1/s1. The van der Waals surface area contributed by atoms with Gasteiger partial charge in [0.1, 0.15) is 5.82 Å². The van der Waals surface area contributed by atoms with Crippen LogP contribution in [0.1, 0.15) is 29.7 Å². The first-order chi connectivity index (χ1) is 12.9. The summed E-state index contributed by atoms with van der Waals surface area (Å²) >= 11 is 0. The van der Waals surface area contributed by atoms with Crippen LogP contribution in [0.25, 0.3) is 0 Å². The van der Waals surface area contributed by atoms with Gasteiger partial charge in [0.25, 0.3) is 0 Å². The quantitative estimate of drug-likeness (QED) is 0.877. The molecule has 0 spiro atoms. The SMILES string of the molecule is Cc1ccc(C)c([C@@H](C)NC(=O)CN2CCN(c3ccccc3F)CC2)c1. The van der Waals surface area contributed by atoms with Crippen molar-refractivity contribution in [3.63, 3.8) is 0 Å². The lowest BCUT2D eigenvalue weighted by molar-refractivity contribution is -0.123. The minimum absolute atomic E-state index is 0.0166. The van der Waals surface area contributed by atoms with Crippen LogP contribution in [-0.2, 0) is 4.79 Å². The molecule has 5 heteroatoms. The van der Waals surface area contributed by atoms with Crippen molar-refractivity contribution in [2.24, 2.45) is 0 Å². The Hall–Kier alpha value is -2.40. The molecule has 2 aromatic carbocycles. The van der Waals surface area contributed by atoms with Crippen LogP contribution in [0.2, 0.25) is 0 Å². The lowest BCUT2D eigenvalue weighted by Gasteiger charge is -2.36. The Morgan fingerprint density at radius 1 is 1.11 bits per heavy atom. The summed E-state index contributed by atoms with van der Waals surface area (Å²) in [4.78, 5) is 16.6. The summed E-state index contributed by atoms with van der Waals surface area (Å²) in [7, 11) is 0. The van der Waals surface area contributed by atoms with Crippen molar-refractivity contribution < 1.29 is 9.18 Å². The lowest BCUT2D eigenvalue weighted by Crippen LogP contribution is -2.50. The fourth-order valence-electron chi connectivity index (χ4n) is 3.65. The third-order valence-corrected chi connectivity index (χ3v) is 5.21. The van der Waals surface area contributed by atoms with Gasteiger partial charge in [0, 0.05) is 26.2 Å². The molecule has 1 N–H and O–H groups in total. The van der Waals surface area contributed by atoms with E-state index in [2.05, 4.69) is 42.3 Å². The van der Waals surface area contributed by atoms with E-state index in [9.17, 15) is 9.18 Å². The number of amides is 1. The molecule has 1 heterocycles. The summed E-state index contributed by atoms with van der Waals surface area (Å²) in [5.74, 6) is -0.159. The Morgan fingerprint density at radius 2 is 1.81 bits per heavy atom. The number of halogens is 1. The zero-order chi connectivity index (χ0) is 19.4. The zero-order valence-electron chi connectivity index (χ0n) is 16.3. The Bertz CT molecular complexity index is 800. The molecule has 1 aliphatic heterocycles. The van der Waals surface area contributed by atoms with Gasteiger partial charge in [-0.25, -0.2) is 4.39 Å². The maximum atomic E-state index is 13.9. The Morgan fingerprint density at radius 3 is 2.52 bits per heavy atom. The van der Waals surface area contributed by atoms with E-state index in [1.807, 2.05) is 24.0 Å². The highest BCUT2D eigenvalue weighted by Gasteiger charge is 2.21. The highest BCUT2D eigenvalue weighted by molar-refractivity contribution is 5.78. The third kappa shape index (κ3) is 4.86. The first-order valence-corrected chi connectivity index (χ1v) is 9.52. The second-order valence-corrected chi connectivity index (χ2v) is 7.36. The fourth-order valence-corrected chi connectivity index (χ4v) is 3.65. The van der Waals surface area contributed by atoms with E-state index in [1.54, 1.807) is 6.07 Å². The molecule has 1 atom stereocenters. The number of rotatable bonds is 5. The van der Waals surface area contributed by atoms with Gasteiger partial charge in [0.15, 0.2) is 0 Å². The number of hydrogen-bond acceptors (Lipinski definition) is 3. The van der Waals surface area contributed by atoms with Crippen molar-refractivity contribution in [3.05, 3.63) is 65.0 Å². The second-order valence-electron chi connectivity index (χ2n) is 7.36. The van der Waals surface area contributed by atoms with Gasteiger partial charge < -0.3 is 10.2 Å². The molecule has 0 aliphatic carbocycles. The zero-order valence-corrected chi connectivity index (χ0v) is 16.3. The number of piperazine rings is 1. The maximum Gasteiger partial charge on any atom is 0.234 e. The summed E-state index contributed by atoms with van der Waals surface area (Å²) in [6, 6.07) is 13.2. The number of nitrogens with zero attached hydrogens (tertiary/aromatic N) is 2. The molecule has 1 saturated heterocycles. The Kier molecular flexibility index (Phi) is 6.11. The minimum atomic E-state index is -0.189. The van der Waals surface area contributed by atoms with Gasteiger partial charge in [-0.05, 0) is 44.0 Å². The maximum absolute atomic E-state index is 13.9. The summed E-state index contributed by atoms with van der Waals surface area (Å²) in [5, 5.41) is 3.11. The number of para-hydroxylation sites is 1. The number of carbonyl (C=O) groups excluding carboxylic acids is 1. The largest absolute Gasteiger partial charge is 0.367 e. The molecule has 0 saturated carbocycles. The van der Waals surface area contributed by atoms with Crippen molar-refractivity contribution in [1.82, 2.24) is 10.2 Å². The van der Waals surface area contributed by atoms with E-state index in [4.69, 9.17) is 0 Å². The molecule has 0 bridgehead atoms. The van der Waals surface area contributed by atoms with Gasteiger partial charge in [-0.1, -0.05) is 35.9 Å². The monoisotopic (exact) mass is 369 g/mol. The fraction of sp³-hybridized carbons (Fsp3) is 0.409. The van der Waals surface area contributed by atoms with Crippen LogP contribution in [0.15, 0.2) is 42.5 Å². The minimum Gasteiger partial charge on any atom is -0.367 e. The molecule has 3 rings (SSSR count). The first-order valence-electron chi connectivity index (χ1n) is 9.52. The van der Waals surface area contributed by atoms with Gasteiger partial charge in [-0.3, -0.25) is 9.69 Å². The first kappa shape index (κ1) is 19.4. The highest BCUT2D eigenvalue weighted by atomic mass is 19.1. The van der Waals surface area contributed by atoms with Crippen LogP contribution in [-0.4, -0.2) is 43.5 Å². The molecule has 27 heavy (non-hydrogen) atoms. The highest BCUT2D eigenvalue weighted by Crippen LogP contribution is 2.21. The van der Waals surface area contributed by atoms with E-state index in [0.29, 0.717) is 12.2 Å². The molecule has 4 nitrogen and oxygen atoms in total. The molecular weight excluding hydrogens is 341 g/mol. The van der Waals surface area contributed by atoms with Crippen LogP contribution >= 0.6 is 0 Å². The molecule has 0 aromatic heterocycles. The Balaban J connectivity index is 1.51. The van der Waals surface area contributed by atoms with Crippen LogP contribution in [0.5, 0.6) is 0 Å². The average molecular weight is 369 g/mol. The molecule has 1 amide bonds. The van der Waals surface area contributed by atoms with Crippen LogP contribution in [0.3, 0.4) is 0 Å². The molecule has 1 aliphatic rings. The number of hydrogen-bond donors (Lipinski definition) is 1. The van der Waals surface area contributed by atoms with E-state index in [0.717, 1.165) is 31.7 Å². The molecule has 0 radical (unpaired) electrons. The molecular formula is C22H28FN3O. The summed E-state index contributed by atoms with van der Waals surface area (Å²) in [6.07, 6.45) is 0. The topological polar surface area (TPSA) is 35.6 Å². The number of aryl methyl sites for hydroxylation is 2. The summed E-state index contributed by atoms with van der Waals surface area (Å²) < 4.78 is 13.9. The molecule has 1 fully saturated rings. The van der Waals surface area contributed by atoms with E-state index in [-0.39, 0.29) is 17.8 Å². The van der Waals surface area contributed by atoms with Gasteiger partial charge in [-0.2, -0.15) is 0 Å². The number of benzene rings is 2. The van der Waals surface area contributed by atoms with Gasteiger partial charge in [-0.15, -0.1) is 0 Å². The van der Waals surface area contributed by atoms with E-state index < -0.39 is 0 Å². The van der Waals surface area contributed by atoms with Crippen molar-refractivity contribution in [1.29, 1.82) is 0 Å². The number of nitrogens with one attached hydrogen (secondary N) is 1. The number of anilines is 1. The second kappa shape index (κ2) is 8.53. The van der Waals surface area contributed by atoms with E-state index >= 15 is 0 Å². The van der Waals surface area contributed by atoms with Crippen LogP contribution in [0, 0.1) is 19.7 Å². The summed E-state index contributed by atoms with van der Waals surface area (Å²) in [5.41, 5.74) is 4.19. The average Bonchev–Trinajstić information content (AvgIpc) is 2.65. The molecule has 2 aromatic rings.